The van der Waals surface area contributed by atoms with Crippen molar-refractivity contribution in [3.63, 3.8) is 0 Å². The molecular weight excluding hydrogens is 178 g/mol. The summed E-state index contributed by atoms with van der Waals surface area (Å²) in [6.45, 7) is 2.00. The number of rotatable bonds is 2. The second-order valence-corrected chi connectivity index (χ2v) is 3.44. The Hall–Kier alpha value is -1.35. The number of oxime groups is 1. The molecule has 0 spiro atoms. The molecule has 2 rings (SSSR count). The Labute approximate surface area is 83.0 Å². The van der Waals surface area contributed by atoms with Gasteiger partial charge in [0.2, 0.25) is 0 Å². The molecule has 74 valence electrons. The van der Waals surface area contributed by atoms with Crippen molar-refractivity contribution in [1.29, 1.82) is 0 Å². The smallest absolute Gasteiger partial charge is 0.135 e. The van der Waals surface area contributed by atoms with E-state index in [1.807, 2.05) is 37.3 Å². The Morgan fingerprint density at radius 2 is 2.07 bits per heavy atom. The molecule has 1 aliphatic heterocycles. The van der Waals surface area contributed by atoms with E-state index in [9.17, 15) is 5.11 Å². The fraction of sp³-hybridized carbons (Fsp3) is 0.364. The first kappa shape index (κ1) is 9.21. The molecule has 2 unspecified atom stereocenters. The van der Waals surface area contributed by atoms with Gasteiger partial charge in [-0.3, -0.25) is 0 Å². The minimum absolute atomic E-state index is 0.00241. The fourth-order valence-electron chi connectivity index (χ4n) is 1.61. The van der Waals surface area contributed by atoms with Gasteiger partial charge in [0.15, 0.2) is 0 Å². The zero-order chi connectivity index (χ0) is 9.97. The van der Waals surface area contributed by atoms with Gasteiger partial charge in [-0.25, -0.2) is 0 Å². The van der Waals surface area contributed by atoms with Crippen LogP contribution >= 0.6 is 0 Å². The van der Waals surface area contributed by atoms with Gasteiger partial charge >= 0.3 is 0 Å². The fourth-order valence-corrected chi connectivity index (χ4v) is 1.61. The Morgan fingerprint density at radius 3 is 2.71 bits per heavy atom. The molecule has 3 nitrogen and oxygen atoms in total. The molecule has 1 aliphatic rings. The lowest BCUT2D eigenvalue weighted by atomic mass is 9.94. The van der Waals surface area contributed by atoms with Crippen LogP contribution < -0.4 is 0 Å². The van der Waals surface area contributed by atoms with E-state index in [1.54, 1.807) is 0 Å². The average Bonchev–Trinajstić information content (AvgIpc) is 2.61. The second-order valence-electron chi connectivity index (χ2n) is 3.44. The molecule has 0 aromatic heterocycles. The largest absolute Gasteiger partial charge is 0.396 e. The zero-order valence-corrected chi connectivity index (χ0v) is 8.05. The highest BCUT2D eigenvalue weighted by Crippen LogP contribution is 2.22. The van der Waals surface area contributed by atoms with E-state index in [2.05, 4.69) is 5.16 Å². The van der Waals surface area contributed by atoms with Crippen molar-refractivity contribution in [2.75, 3.05) is 6.61 Å². The minimum atomic E-state index is -0.0322. The van der Waals surface area contributed by atoms with Crippen LogP contribution in [0.25, 0.3) is 0 Å². The predicted octanol–water partition coefficient (Wildman–Crippen LogP) is 1.42. The maximum absolute atomic E-state index is 9.21. The van der Waals surface area contributed by atoms with Crippen LogP contribution in [0.4, 0.5) is 0 Å². The van der Waals surface area contributed by atoms with Crippen LogP contribution in [0, 0.1) is 5.92 Å². The van der Waals surface area contributed by atoms with Crippen molar-refractivity contribution < 1.29 is 9.94 Å². The number of nitrogens with zero attached hydrogens (tertiary/aromatic N) is 1. The number of aliphatic hydroxyl groups excluding tert-OH is 1. The molecular formula is C11H13NO2. The van der Waals surface area contributed by atoms with Crippen LogP contribution in [0.3, 0.4) is 0 Å². The third-order valence-electron chi connectivity index (χ3n) is 2.50. The highest BCUT2D eigenvalue weighted by Gasteiger charge is 2.30. The van der Waals surface area contributed by atoms with Crippen molar-refractivity contribution in [3.05, 3.63) is 35.9 Å². The Balaban J connectivity index is 2.28. The van der Waals surface area contributed by atoms with E-state index < -0.39 is 0 Å². The van der Waals surface area contributed by atoms with Crippen molar-refractivity contribution in [3.8, 4) is 0 Å². The van der Waals surface area contributed by atoms with E-state index in [0.29, 0.717) is 0 Å². The SMILES string of the molecule is CC1ON=C(c2ccccc2)C1CO. The maximum atomic E-state index is 9.21. The summed E-state index contributed by atoms with van der Waals surface area (Å²) in [4.78, 5) is 5.15. The lowest BCUT2D eigenvalue weighted by Crippen LogP contribution is -2.24. The molecule has 0 saturated heterocycles. The molecule has 1 aromatic rings. The normalized spacial score (nSPS) is 25.7. The Kier molecular flexibility index (Phi) is 2.50. The minimum Gasteiger partial charge on any atom is -0.396 e. The summed E-state index contributed by atoms with van der Waals surface area (Å²) >= 11 is 0. The van der Waals surface area contributed by atoms with Crippen LogP contribution in [0.1, 0.15) is 12.5 Å². The summed E-state index contributed by atoms with van der Waals surface area (Å²) in [5.74, 6) is -0.00241. The van der Waals surface area contributed by atoms with Gasteiger partial charge in [-0.1, -0.05) is 35.5 Å². The summed E-state index contributed by atoms with van der Waals surface area (Å²) < 4.78 is 0. The molecule has 3 heteroatoms. The first-order valence-electron chi connectivity index (χ1n) is 4.73. The summed E-state index contributed by atoms with van der Waals surface area (Å²) in [5, 5.41) is 13.2. The lowest BCUT2D eigenvalue weighted by Gasteiger charge is -2.11. The standard InChI is InChI=1S/C11H13NO2/c1-8-10(7-13)11(12-14-8)9-5-3-2-4-6-9/h2-6,8,10,13H,7H2,1H3. The van der Waals surface area contributed by atoms with E-state index in [0.717, 1.165) is 11.3 Å². The highest BCUT2D eigenvalue weighted by atomic mass is 16.6. The van der Waals surface area contributed by atoms with Gasteiger partial charge in [-0.2, -0.15) is 0 Å². The van der Waals surface area contributed by atoms with Gasteiger partial charge in [-0.15, -0.1) is 0 Å². The number of hydrogen-bond donors (Lipinski definition) is 1. The van der Waals surface area contributed by atoms with Crippen molar-refractivity contribution in [2.24, 2.45) is 11.1 Å². The molecule has 0 fully saturated rings. The molecule has 0 aliphatic carbocycles. The van der Waals surface area contributed by atoms with Gasteiger partial charge in [0.25, 0.3) is 0 Å². The quantitative estimate of drug-likeness (QED) is 0.768. The molecule has 0 amide bonds. The maximum Gasteiger partial charge on any atom is 0.135 e. The molecule has 1 N–H and O–H groups in total. The lowest BCUT2D eigenvalue weighted by molar-refractivity contribution is 0.0596. The van der Waals surface area contributed by atoms with Crippen molar-refractivity contribution in [1.82, 2.24) is 0 Å². The molecule has 0 radical (unpaired) electrons. The van der Waals surface area contributed by atoms with E-state index in [4.69, 9.17) is 4.84 Å². The van der Waals surface area contributed by atoms with Gasteiger partial charge in [-0.05, 0) is 12.5 Å². The second kappa shape index (κ2) is 3.80. The molecule has 14 heavy (non-hydrogen) atoms. The van der Waals surface area contributed by atoms with Gasteiger partial charge in [0.1, 0.15) is 6.10 Å². The number of hydrogen-bond acceptors (Lipinski definition) is 3. The van der Waals surface area contributed by atoms with Crippen molar-refractivity contribution in [2.45, 2.75) is 13.0 Å². The zero-order valence-electron chi connectivity index (χ0n) is 8.05. The Morgan fingerprint density at radius 1 is 1.36 bits per heavy atom. The van der Waals surface area contributed by atoms with Crippen LogP contribution in [0.15, 0.2) is 35.5 Å². The van der Waals surface area contributed by atoms with E-state index in [1.165, 1.54) is 0 Å². The highest BCUT2D eigenvalue weighted by molar-refractivity contribution is 6.03. The van der Waals surface area contributed by atoms with Gasteiger partial charge in [0, 0.05) is 0 Å². The number of benzene rings is 1. The molecule has 2 atom stereocenters. The molecule has 1 heterocycles. The molecule has 0 saturated carbocycles. The third-order valence-corrected chi connectivity index (χ3v) is 2.50. The van der Waals surface area contributed by atoms with Crippen LogP contribution in [0.2, 0.25) is 0 Å². The summed E-state index contributed by atoms with van der Waals surface area (Å²) in [6, 6.07) is 9.81. The topological polar surface area (TPSA) is 41.8 Å². The molecule has 1 aromatic carbocycles. The summed E-state index contributed by atoms with van der Waals surface area (Å²) in [6.07, 6.45) is -0.0322. The summed E-state index contributed by atoms with van der Waals surface area (Å²) in [5.41, 5.74) is 1.87. The van der Waals surface area contributed by atoms with Crippen LogP contribution in [-0.2, 0) is 4.84 Å². The first-order chi connectivity index (χ1) is 6.83. The van der Waals surface area contributed by atoms with E-state index in [-0.39, 0.29) is 18.6 Å². The predicted molar refractivity (Wildman–Crippen MR) is 54.1 cm³/mol. The first-order valence-corrected chi connectivity index (χ1v) is 4.73. The molecule has 0 bridgehead atoms. The van der Waals surface area contributed by atoms with Gasteiger partial charge < -0.3 is 9.94 Å². The summed E-state index contributed by atoms with van der Waals surface area (Å²) in [7, 11) is 0. The Bertz CT molecular complexity index is 334. The number of aliphatic hydroxyl groups is 1. The van der Waals surface area contributed by atoms with E-state index >= 15 is 0 Å². The third kappa shape index (κ3) is 1.51. The van der Waals surface area contributed by atoms with Crippen LogP contribution in [0.5, 0.6) is 0 Å². The monoisotopic (exact) mass is 191 g/mol. The average molecular weight is 191 g/mol. The van der Waals surface area contributed by atoms with Crippen molar-refractivity contribution >= 4 is 5.71 Å². The van der Waals surface area contributed by atoms with Gasteiger partial charge in [0.05, 0.1) is 18.2 Å². The van der Waals surface area contributed by atoms with Crippen LogP contribution in [-0.4, -0.2) is 23.5 Å².